The highest BCUT2D eigenvalue weighted by Gasteiger charge is 2.02. The van der Waals surface area contributed by atoms with Gasteiger partial charge >= 0.3 is 7.12 Å². The van der Waals surface area contributed by atoms with E-state index in [9.17, 15) is 0 Å². The minimum absolute atomic E-state index is 0.538. The standard InChI is InChI=1S/C3H10BO2P/c1-2-7-3-4(5)6/h5-7H,2-3H2,1H3. The van der Waals surface area contributed by atoms with Crippen LogP contribution >= 0.6 is 8.58 Å². The van der Waals surface area contributed by atoms with Gasteiger partial charge in [-0.1, -0.05) is 6.92 Å². The Morgan fingerprint density at radius 1 is 1.57 bits per heavy atom. The number of rotatable bonds is 3. The Labute approximate surface area is 45.9 Å². The van der Waals surface area contributed by atoms with E-state index in [1.165, 1.54) is 0 Å². The molecule has 0 aromatic carbocycles. The van der Waals surface area contributed by atoms with Gasteiger partial charge in [0.05, 0.1) is 0 Å². The van der Waals surface area contributed by atoms with E-state index >= 15 is 0 Å². The molecule has 1 atom stereocenters. The van der Waals surface area contributed by atoms with E-state index in [1.807, 2.05) is 6.92 Å². The predicted molar refractivity (Wildman–Crippen MR) is 33.9 cm³/mol. The summed E-state index contributed by atoms with van der Waals surface area (Å²) in [5, 5.41) is 16.5. The second kappa shape index (κ2) is 4.57. The fraction of sp³-hybridized carbons (Fsp3) is 1.00. The summed E-state index contributed by atoms with van der Waals surface area (Å²) in [4.78, 5) is 0. The maximum Gasteiger partial charge on any atom is 0.455 e. The molecule has 0 spiro atoms. The topological polar surface area (TPSA) is 40.5 Å². The molecule has 2 N–H and O–H groups in total. The summed E-state index contributed by atoms with van der Waals surface area (Å²) < 4.78 is 0. The molecule has 1 unspecified atom stereocenters. The van der Waals surface area contributed by atoms with Gasteiger partial charge in [0.1, 0.15) is 0 Å². The third kappa shape index (κ3) is 6.41. The summed E-state index contributed by atoms with van der Waals surface area (Å²) >= 11 is 0. The molecule has 0 bridgehead atoms. The molecule has 0 aliphatic heterocycles. The first-order chi connectivity index (χ1) is 3.27. The van der Waals surface area contributed by atoms with Crippen molar-refractivity contribution < 1.29 is 10.0 Å². The van der Waals surface area contributed by atoms with E-state index in [0.29, 0.717) is 14.6 Å². The van der Waals surface area contributed by atoms with E-state index in [2.05, 4.69) is 0 Å². The minimum Gasteiger partial charge on any atom is -0.427 e. The minimum atomic E-state index is -1.08. The molecule has 0 amide bonds. The fourth-order valence-corrected chi connectivity index (χ4v) is 0.820. The van der Waals surface area contributed by atoms with Gasteiger partial charge in [-0.05, 0) is 12.2 Å². The van der Waals surface area contributed by atoms with Gasteiger partial charge in [-0.2, -0.15) is 0 Å². The molecule has 7 heavy (non-hydrogen) atoms. The highest BCUT2D eigenvalue weighted by Crippen LogP contribution is 2.06. The van der Waals surface area contributed by atoms with Crippen LogP contribution in [0.5, 0.6) is 0 Å². The van der Waals surface area contributed by atoms with Crippen LogP contribution in [0.2, 0.25) is 0 Å². The van der Waals surface area contributed by atoms with Gasteiger partial charge in [-0.25, -0.2) is 0 Å². The van der Waals surface area contributed by atoms with E-state index in [0.717, 1.165) is 6.16 Å². The molecule has 42 valence electrons. The van der Waals surface area contributed by atoms with Crippen molar-refractivity contribution in [3.05, 3.63) is 0 Å². The lowest BCUT2D eigenvalue weighted by molar-refractivity contribution is 0.415. The zero-order valence-corrected chi connectivity index (χ0v) is 5.39. The molecular formula is C3H10BO2P. The Kier molecular flexibility index (Phi) is 4.84. The van der Waals surface area contributed by atoms with Crippen molar-refractivity contribution in [2.24, 2.45) is 0 Å². The Bertz CT molecular complexity index is 41.9. The Balaban J connectivity index is 2.68. The molecule has 0 aliphatic rings. The van der Waals surface area contributed by atoms with Crippen LogP contribution in [0.3, 0.4) is 0 Å². The van der Waals surface area contributed by atoms with Crippen LogP contribution in [0.25, 0.3) is 0 Å². The summed E-state index contributed by atoms with van der Waals surface area (Å²) in [6.07, 6.45) is 1.05. The molecule has 0 aromatic rings. The Hall–Kier alpha value is 0.415. The first-order valence-corrected chi connectivity index (χ1v) is 3.75. The van der Waals surface area contributed by atoms with E-state index in [1.54, 1.807) is 0 Å². The van der Waals surface area contributed by atoms with Gasteiger partial charge in [-0.3, -0.25) is 0 Å². The summed E-state index contributed by atoms with van der Waals surface area (Å²) in [5.74, 6) is 0. The Morgan fingerprint density at radius 2 is 2.14 bits per heavy atom. The van der Waals surface area contributed by atoms with Crippen molar-refractivity contribution in [2.45, 2.75) is 6.92 Å². The highest BCUT2D eigenvalue weighted by molar-refractivity contribution is 7.40. The third-order valence-electron chi connectivity index (χ3n) is 0.577. The summed E-state index contributed by atoms with van der Waals surface area (Å²) in [5.41, 5.74) is 0. The van der Waals surface area contributed by atoms with Gasteiger partial charge < -0.3 is 10.0 Å². The maximum atomic E-state index is 8.25. The van der Waals surface area contributed by atoms with E-state index in [4.69, 9.17) is 10.0 Å². The molecule has 0 fully saturated rings. The van der Waals surface area contributed by atoms with Crippen LogP contribution in [0, 0.1) is 0 Å². The van der Waals surface area contributed by atoms with Crippen LogP contribution < -0.4 is 0 Å². The first-order valence-electron chi connectivity index (χ1n) is 2.34. The van der Waals surface area contributed by atoms with Crippen LogP contribution in [-0.2, 0) is 0 Å². The van der Waals surface area contributed by atoms with Gasteiger partial charge in [0.15, 0.2) is 0 Å². The third-order valence-corrected chi connectivity index (χ3v) is 1.73. The molecule has 0 aromatic heterocycles. The van der Waals surface area contributed by atoms with Crippen molar-refractivity contribution in [1.29, 1.82) is 0 Å². The zero-order chi connectivity index (χ0) is 5.70. The second-order valence-electron chi connectivity index (χ2n) is 1.29. The number of hydrogen-bond acceptors (Lipinski definition) is 2. The second-order valence-corrected chi connectivity index (χ2v) is 2.90. The maximum absolute atomic E-state index is 8.25. The normalized spacial score (nSPS) is 10.7. The predicted octanol–water partition coefficient (Wildman–Crippen LogP) is -0.303. The van der Waals surface area contributed by atoms with Crippen LogP contribution in [0.1, 0.15) is 6.92 Å². The van der Waals surface area contributed by atoms with Crippen molar-refractivity contribution in [1.82, 2.24) is 0 Å². The van der Waals surface area contributed by atoms with Gasteiger partial charge in [0.25, 0.3) is 0 Å². The van der Waals surface area contributed by atoms with Crippen LogP contribution in [0.15, 0.2) is 0 Å². The van der Waals surface area contributed by atoms with E-state index in [-0.39, 0.29) is 0 Å². The lowest BCUT2D eigenvalue weighted by atomic mass is 9.98. The molecule has 0 saturated heterocycles. The average molecular weight is 120 g/mol. The molecule has 0 saturated carbocycles. The van der Waals surface area contributed by atoms with Crippen LogP contribution in [-0.4, -0.2) is 29.4 Å². The quantitative estimate of drug-likeness (QED) is 0.396. The van der Waals surface area contributed by atoms with Crippen molar-refractivity contribution in [3.8, 4) is 0 Å². The Morgan fingerprint density at radius 3 is 2.29 bits per heavy atom. The smallest absolute Gasteiger partial charge is 0.427 e. The van der Waals surface area contributed by atoms with Crippen molar-refractivity contribution in [3.63, 3.8) is 0 Å². The molecular weight excluding hydrogens is 110 g/mol. The van der Waals surface area contributed by atoms with E-state index < -0.39 is 7.12 Å². The van der Waals surface area contributed by atoms with Gasteiger partial charge in [-0.15, -0.1) is 8.58 Å². The summed E-state index contributed by atoms with van der Waals surface area (Å²) in [6.45, 7) is 2.03. The van der Waals surface area contributed by atoms with Crippen molar-refractivity contribution >= 4 is 15.7 Å². The van der Waals surface area contributed by atoms with Gasteiger partial charge in [0, 0.05) is 0 Å². The molecule has 0 aliphatic carbocycles. The van der Waals surface area contributed by atoms with Crippen LogP contribution in [0.4, 0.5) is 0 Å². The molecule has 0 rings (SSSR count). The SMILES string of the molecule is CCPCB(O)O. The lowest BCUT2D eigenvalue weighted by Gasteiger charge is -1.92. The monoisotopic (exact) mass is 120 g/mol. The summed E-state index contributed by atoms with van der Waals surface area (Å²) in [7, 11) is -0.390. The first kappa shape index (κ1) is 7.41. The largest absolute Gasteiger partial charge is 0.455 e. The average Bonchev–Trinajstić information content (AvgIpc) is 1.61. The van der Waals surface area contributed by atoms with Gasteiger partial charge in [0.2, 0.25) is 0 Å². The number of hydrogen-bond donors (Lipinski definition) is 2. The molecule has 0 heterocycles. The highest BCUT2D eigenvalue weighted by atomic mass is 31.1. The van der Waals surface area contributed by atoms with Crippen molar-refractivity contribution in [2.75, 3.05) is 12.2 Å². The molecule has 2 nitrogen and oxygen atoms in total. The lowest BCUT2D eigenvalue weighted by Crippen LogP contribution is -2.13. The summed E-state index contributed by atoms with van der Waals surface area (Å²) in [6, 6.07) is 0.538. The molecule has 4 heteroatoms. The fourth-order valence-electron chi connectivity index (χ4n) is 0.273. The zero-order valence-electron chi connectivity index (χ0n) is 4.39. The molecule has 0 radical (unpaired) electrons.